The van der Waals surface area contributed by atoms with Crippen molar-refractivity contribution in [1.29, 1.82) is 0 Å². The zero-order valence-electron chi connectivity index (χ0n) is 10.2. The summed E-state index contributed by atoms with van der Waals surface area (Å²) < 4.78 is 5.01. The van der Waals surface area contributed by atoms with Crippen molar-refractivity contribution >= 4 is 17.6 Å². The quantitative estimate of drug-likeness (QED) is 0.509. The predicted octanol–water partition coefficient (Wildman–Crippen LogP) is 2.46. The number of anilines is 1. The fourth-order valence-corrected chi connectivity index (χ4v) is 2.28. The Bertz CT molecular complexity index is 505. The van der Waals surface area contributed by atoms with Crippen LogP contribution in [0.4, 0.5) is 5.82 Å². The number of nitrogens with zero attached hydrogens (tertiary/aromatic N) is 2. The number of nitrogen functional groups attached to an aromatic ring is 1. The Labute approximate surface area is 111 Å². The molecule has 0 unspecified atom stereocenters. The fourth-order valence-electron chi connectivity index (χ4n) is 1.46. The SMILES string of the molecule is COCCSc1cc(N)nc(-c2ccccc2)n1. The lowest BCUT2D eigenvalue weighted by atomic mass is 10.2. The summed E-state index contributed by atoms with van der Waals surface area (Å²) >= 11 is 1.61. The van der Waals surface area contributed by atoms with Crippen LogP contribution in [0, 0.1) is 0 Å². The van der Waals surface area contributed by atoms with Gasteiger partial charge < -0.3 is 10.5 Å². The number of benzene rings is 1. The highest BCUT2D eigenvalue weighted by Crippen LogP contribution is 2.22. The van der Waals surface area contributed by atoms with Crippen molar-refractivity contribution in [2.75, 3.05) is 25.2 Å². The normalized spacial score (nSPS) is 10.5. The van der Waals surface area contributed by atoms with Crippen LogP contribution >= 0.6 is 11.8 Å². The molecule has 0 saturated carbocycles. The first-order valence-corrected chi connectivity index (χ1v) is 6.60. The van der Waals surface area contributed by atoms with Crippen LogP contribution in [0.5, 0.6) is 0 Å². The van der Waals surface area contributed by atoms with Crippen LogP contribution in [0.3, 0.4) is 0 Å². The summed E-state index contributed by atoms with van der Waals surface area (Å²) in [4.78, 5) is 8.75. The van der Waals surface area contributed by atoms with Gasteiger partial charge in [0.15, 0.2) is 5.82 Å². The summed E-state index contributed by atoms with van der Waals surface area (Å²) in [5.41, 5.74) is 6.78. The summed E-state index contributed by atoms with van der Waals surface area (Å²) in [6, 6.07) is 11.6. The van der Waals surface area contributed by atoms with Crippen molar-refractivity contribution < 1.29 is 4.74 Å². The maximum atomic E-state index is 5.81. The van der Waals surface area contributed by atoms with Crippen LogP contribution in [0.2, 0.25) is 0 Å². The van der Waals surface area contributed by atoms with E-state index in [1.54, 1.807) is 24.9 Å². The third kappa shape index (κ3) is 3.45. The van der Waals surface area contributed by atoms with Gasteiger partial charge in [-0.3, -0.25) is 0 Å². The van der Waals surface area contributed by atoms with Crippen LogP contribution in [-0.2, 0) is 4.74 Å². The van der Waals surface area contributed by atoms with E-state index in [0.29, 0.717) is 18.2 Å². The van der Waals surface area contributed by atoms with Gasteiger partial charge in [-0.2, -0.15) is 0 Å². The number of aromatic nitrogens is 2. The van der Waals surface area contributed by atoms with Crippen LogP contribution in [-0.4, -0.2) is 29.4 Å². The number of nitrogens with two attached hydrogens (primary N) is 1. The summed E-state index contributed by atoms with van der Waals surface area (Å²) in [6.07, 6.45) is 0. The van der Waals surface area contributed by atoms with E-state index in [2.05, 4.69) is 9.97 Å². The Morgan fingerprint density at radius 3 is 2.72 bits per heavy atom. The number of ether oxygens (including phenoxy) is 1. The van der Waals surface area contributed by atoms with E-state index in [4.69, 9.17) is 10.5 Å². The van der Waals surface area contributed by atoms with Gasteiger partial charge in [0, 0.05) is 24.5 Å². The Hall–Kier alpha value is -1.59. The predicted molar refractivity (Wildman–Crippen MR) is 74.5 cm³/mol. The molecule has 2 N–H and O–H groups in total. The van der Waals surface area contributed by atoms with Crippen molar-refractivity contribution in [3.63, 3.8) is 0 Å². The molecule has 1 aromatic heterocycles. The molecule has 4 nitrogen and oxygen atoms in total. The first kappa shape index (κ1) is 12.9. The average molecular weight is 261 g/mol. The molecule has 0 bridgehead atoms. The molecule has 0 amide bonds. The number of rotatable bonds is 5. The first-order valence-electron chi connectivity index (χ1n) is 5.61. The Morgan fingerprint density at radius 2 is 2.00 bits per heavy atom. The Balaban J connectivity index is 2.21. The standard InChI is InChI=1S/C13H15N3OS/c1-17-7-8-18-12-9-11(14)15-13(16-12)10-5-3-2-4-6-10/h2-6,9H,7-8H2,1H3,(H2,14,15,16). The summed E-state index contributed by atoms with van der Waals surface area (Å²) in [5, 5.41) is 0.874. The third-order valence-electron chi connectivity index (χ3n) is 2.29. The molecule has 1 heterocycles. The van der Waals surface area contributed by atoms with Gasteiger partial charge in [0.1, 0.15) is 10.8 Å². The van der Waals surface area contributed by atoms with Gasteiger partial charge in [-0.1, -0.05) is 30.3 Å². The second-order valence-corrected chi connectivity index (χ2v) is 4.78. The number of thioether (sulfide) groups is 1. The second kappa shape index (κ2) is 6.37. The van der Waals surface area contributed by atoms with E-state index in [1.807, 2.05) is 30.3 Å². The minimum atomic E-state index is 0.490. The molecule has 0 aliphatic heterocycles. The van der Waals surface area contributed by atoms with Gasteiger partial charge in [-0.25, -0.2) is 9.97 Å². The molecule has 0 saturated heterocycles. The van der Waals surface area contributed by atoms with Crippen molar-refractivity contribution in [3.05, 3.63) is 36.4 Å². The monoisotopic (exact) mass is 261 g/mol. The minimum absolute atomic E-state index is 0.490. The van der Waals surface area contributed by atoms with Gasteiger partial charge >= 0.3 is 0 Å². The maximum Gasteiger partial charge on any atom is 0.162 e. The van der Waals surface area contributed by atoms with E-state index >= 15 is 0 Å². The molecule has 94 valence electrons. The van der Waals surface area contributed by atoms with Gasteiger partial charge in [-0.05, 0) is 0 Å². The highest BCUT2D eigenvalue weighted by molar-refractivity contribution is 7.99. The molecule has 0 spiro atoms. The van der Waals surface area contributed by atoms with E-state index in [1.165, 1.54) is 0 Å². The van der Waals surface area contributed by atoms with Gasteiger partial charge in [-0.15, -0.1) is 11.8 Å². The zero-order valence-corrected chi connectivity index (χ0v) is 11.0. The van der Waals surface area contributed by atoms with Crippen LogP contribution in [0.25, 0.3) is 11.4 Å². The lowest BCUT2D eigenvalue weighted by Gasteiger charge is -2.05. The molecule has 0 aliphatic carbocycles. The van der Waals surface area contributed by atoms with E-state index < -0.39 is 0 Å². The summed E-state index contributed by atoms with van der Waals surface area (Å²) in [6.45, 7) is 0.690. The highest BCUT2D eigenvalue weighted by Gasteiger charge is 2.05. The van der Waals surface area contributed by atoms with E-state index in [9.17, 15) is 0 Å². The lowest BCUT2D eigenvalue weighted by Crippen LogP contribution is -1.98. The molecule has 0 radical (unpaired) electrons. The van der Waals surface area contributed by atoms with E-state index in [-0.39, 0.29) is 0 Å². The minimum Gasteiger partial charge on any atom is -0.384 e. The molecule has 0 atom stereocenters. The van der Waals surface area contributed by atoms with Gasteiger partial charge in [0.25, 0.3) is 0 Å². The molecule has 5 heteroatoms. The molecule has 0 fully saturated rings. The van der Waals surface area contributed by atoms with Crippen LogP contribution < -0.4 is 5.73 Å². The van der Waals surface area contributed by atoms with Crippen molar-refractivity contribution in [2.45, 2.75) is 5.03 Å². The molecule has 18 heavy (non-hydrogen) atoms. The Kier molecular flexibility index (Phi) is 4.55. The van der Waals surface area contributed by atoms with Crippen molar-refractivity contribution in [1.82, 2.24) is 9.97 Å². The fraction of sp³-hybridized carbons (Fsp3) is 0.231. The average Bonchev–Trinajstić information content (AvgIpc) is 2.39. The van der Waals surface area contributed by atoms with Crippen LogP contribution in [0.15, 0.2) is 41.4 Å². The van der Waals surface area contributed by atoms with Crippen molar-refractivity contribution in [3.8, 4) is 11.4 Å². The molecular weight excluding hydrogens is 246 g/mol. The molecule has 1 aromatic carbocycles. The Morgan fingerprint density at radius 1 is 1.22 bits per heavy atom. The number of methoxy groups -OCH3 is 1. The highest BCUT2D eigenvalue weighted by atomic mass is 32.2. The molecule has 2 rings (SSSR count). The first-order chi connectivity index (χ1) is 8.79. The van der Waals surface area contributed by atoms with E-state index in [0.717, 1.165) is 16.3 Å². The summed E-state index contributed by atoms with van der Waals surface area (Å²) in [7, 11) is 1.68. The van der Waals surface area contributed by atoms with Crippen molar-refractivity contribution in [2.24, 2.45) is 0 Å². The number of hydrogen-bond donors (Lipinski definition) is 1. The van der Waals surface area contributed by atoms with Gasteiger partial charge in [0.2, 0.25) is 0 Å². The topological polar surface area (TPSA) is 61.0 Å². The third-order valence-corrected chi connectivity index (χ3v) is 3.17. The zero-order chi connectivity index (χ0) is 12.8. The van der Waals surface area contributed by atoms with Crippen LogP contribution in [0.1, 0.15) is 0 Å². The molecule has 2 aromatic rings. The second-order valence-electron chi connectivity index (χ2n) is 3.66. The van der Waals surface area contributed by atoms with Gasteiger partial charge in [0.05, 0.1) is 6.61 Å². The summed E-state index contributed by atoms with van der Waals surface area (Å²) in [5.74, 6) is 2.00. The smallest absolute Gasteiger partial charge is 0.162 e. The lowest BCUT2D eigenvalue weighted by molar-refractivity contribution is 0.218. The maximum absolute atomic E-state index is 5.81. The molecule has 0 aliphatic rings. The largest absolute Gasteiger partial charge is 0.384 e. The number of hydrogen-bond acceptors (Lipinski definition) is 5. The molecular formula is C13H15N3OS.